The summed E-state index contributed by atoms with van der Waals surface area (Å²) < 4.78 is 32.8. The highest BCUT2D eigenvalue weighted by molar-refractivity contribution is 7.89. The molecule has 0 radical (unpaired) electrons. The molecule has 25 heavy (non-hydrogen) atoms. The lowest BCUT2D eigenvalue weighted by Gasteiger charge is -2.08. The number of fused-ring (bicyclic) bond motifs is 1. The van der Waals surface area contributed by atoms with Crippen molar-refractivity contribution in [2.45, 2.75) is 17.7 Å². The van der Waals surface area contributed by atoms with Crippen molar-refractivity contribution >= 4 is 20.8 Å². The van der Waals surface area contributed by atoms with Crippen LogP contribution >= 0.6 is 0 Å². The van der Waals surface area contributed by atoms with Gasteiger partial charge in [-0.05, 0) is 53.4 Å². The molecule has 0 saturated heterocycles. The van der Waals surface area contributed by atoms with Crippen molar-refractivity contribution in [2.24, 2.45) is 0 Å². The van der Waals surface area contributed by atoms with E-state index in [4.69, 9.17) is 4.74 Å². The van der Waals surface area contributed by atoms with E-state index >= 15 is 0 Å². The van der Waals surface area contributed by atoms with Crippen molar-refractivity contribution in [3.8, 4) is 5.75 Å². The number of hydrogen-bond acceptors (Lipinski definition) is 3. The zero-order valence-corrected chi connectivity index (χ0v) is 14.9. The number of hydrogen-bond donors (Lipinski definition) is 1. The van der Waals surface area contributed by atoms with Gasteiger partial charge in [0.25, 0.3) is 0 Å². The predicted octanol–water partition coefficient (Wildman–Crippen LogP) is 3.76. The van der Waals surface area contributed by atoms with Crippen LogP contribution in [0, 0.1) is 0 Å². The van der Waals surface area contributed by atoms with E-state index in [1.165, 1.54) is 0 Å². The molecular weight excluding hydrogens is 334 g/mol. The van der Waals surface area contributed by atoms with Gasteiger partial charge < -0.3 is 4.74 Å². The van der Waals surface area contributed by atoms with Gasteiger partial charge in [-0.2, -0.15) is 0 Å². The van der Waals surface area contributed by atoms with Crippen molar-refractivity contribution in [1.82, 2.24) is 4.72 Å². The van der Waals surface area contributed by atoms with E-state index < -0.39 is 10.0 Å². The second-order valence-corrected chi connectivity index (χ2v) is 7.63. The van der Waals surface area contributed by atoms with Crippen molar-refractivity contribution in [2.75, 3.05) is 13.7 Å². The number of nitrogens with one attached hydrogen (secondary N) is 1. The van der Waals surface area contributed by atoms with Crippen molar-refractivity contribution in [3.05, 3.63) is 72.3 Å². The molecule has 0 saturated carbocycles. The molecule has 1 N–H and O–H groups in total. The minimum absolute atomic E-state index is 0.299. The summed E-state index contributed by atoms with van der Waals surface area (Å²) in [7, 11) is -1.86. The Bertz CT molecular complexity index is 967. The molecule has 0 aliphatic rings. The zero-order valence-electron chi connectivity index (χ0n) is 14.1. The number of ether oxygens (including phenoxy) is 1. The fraction of sp³-hybridized carbons (Fsp3) is 0.200. The molecule has 0 bridgehead atoms. The van der Waals surface area contributed by atoms with Gasteiger partial charge in [0.15, 0.2) is 0 Å². The summed E-state index contributed by atoms with van der Waals surface area (Å²) in [5.74, 6) is 0.814. The fourth-order valence-corrected chi connectivity index (χ4v) is 3.85. The summed E-state index contributed by atoms with van der Waals surface area (Å²) in [5.41, 5.74) is 1.13. The SMILES string of the molecule is COc1cccc(CCCNS(=O)(=O)c2ccc3ccccc3c2)c1. The van der Waals surface area contributed by atoms with Crippen LogP contribution in [0.4, 0.5) is 0 Å². The number of benzene rings is 3. The molecule has 3 aromatic rings. The minimum atomic E-state index is -3.49. The number of aryl methyl sites for hydroxylation is 1. The van der Waals surface area contributed by atoms with E-state index in [2.05, 4.69) is 4.72 Å². The normalized spacial score (nSPS) is 11.6. The summed E-state index contributed by atoms with van der Waals surface area (Å²) in [6, 6.07) is 20.7. The van der Waals surface area contributed by atoms with Crippen molar-refractivity contribution in [1.29, 1.82) is 0 Å². The van der Waals surface area contributed by atoms with Crippen molar-refractivity contribution in [3.63, 3.8) is 0 Å². The van der Waals surface area contributed by atoms with Gasteiger partial charge in [-0.15, -0.1) is 0 Å². The standard InChI is InChI=1S/C20H21NO3S/c1-24-19-10-4-6-16(14-19)7-5-13-21-25(22,23)20-12-11-17-8-2-3-9-18(17)15-20/h2-4,6,8-12,14-15,21H,5,7,13H2,1H3. The Kier molecular flexibility index (Phi) is 5.36. The molecule has 0 unspecified atom stereocenters. The first kappa shape index (κ1) is 17.5. The minimum Gasteiger partial charge on any atom is -0.497 e. The van der Waals surface area contributed by atoms with Crippen LogP contribution in [0.25, 0.3) is 10.8 Å². The van der Waals surface area contributed by atoms with Crippen LogP contribution in [-0.4, -0.2) is 22.1 Å². The van der Waals surface area contributed by atoms with Crippen LogP contribution in [0.5, 0.6) is 5.75 Å². The van der Waals surface area contributed by atoms with Gasteiger partial charge in [-0.3, -0.25) is 0 Å². The molecular formula is C20H21NO3S. The number of methoxy groups -OCH3 is 1. The lowest BCUT2D eigenvalue weighted by Crippen LogP contribution is -2.25. The first-order valence-corrected chi connectivity index (χ1v) is 9.68. The topological polar surface area (TPSA) is 55.4 Å². The van der Waals surface area contributed by atoms with Crippen LogP contribution in [0.15, 0.2) is 71.6 Å². The third-order valence-electron chi connectivity index (χ3n) is 4.10. The van der Waals surface area contributed by atoms with E-state index in [0.29, 0.717) is 11.4 Å². The lowest BCUT2D eigenvalue weighted by atomic mass is 10.1. The van der Waals surface area contributed by atoms with Crippen LogP contribution in [0.3, 0.4) is 0 Å². The molecule has 3 aromatic carbocycles. The highest BCUT2D eigenvalue weighted by Crippen LogP contribution is 2.19. The summed E-state index contributed by atoms with van der Waals surface area (Å²) in [4.78, 5) is 0.299. The summed E-state index contributed by atoms with van der Waals surface area (Å²) >= 11 is 0. The molecule has 4 nitrogen and oxygen atoms in total. The van der Waals surface area contributed by atoms with Crippen LogP contribution in [0.2, 0.25) is 0 Å². The molecule has 0 amide bonds. The van der Waals surface area contributed by atoms with Crippen LogP contribution in [-0.2, 0) is 16.4 Å². The average Bonchev–Trinajstić information content (AvgIpc) is 2.65. The highest BCUT2D eigenvalue weighted by Gasteiger charge is 2.13. The Morgan fingerprint density at radius 3 is 2.52 bits per heavy atom. The van der Waals surface area contributed by atoms with E-state index in [1.807, 2.05) is 54.6 Å². The highest BCUT2D eigenvalue weighted by atomic mass is 32.2. The molecule has 5 heteroatoms. The average molecular weight is 355 g/mol. The Labute approximate surface area is 148 Å². The van der Waals surface area contributed by atoms with Gasteiger partial charge in [0.1, 0.15) is 5.75 Å². The van der Waals surface area contributed by atoms with E-state index in [9.17, 15) is 8.42 Å². The molecule has 0 heterocycles. The predicted molar refractivity (Wildman–Crippen MR) is 100 cm³/mol. The molecule has 0 aromatic heterocycles. The largest absolute Gasteiger partial charge is 0.497 e. The van der Waals surface area contributed by atoms with Crippen LogP contribution in [0.1, 0.15) is 12.0 Å². The van der Waals surface area contributed by atoms with E-state index in [-0.39, 0.29) is 0 Å². The Morgan fingerprint density at radius 2 is 1.72 bits per heavy atom. The lowest BCUT2D eigenvalue weighted by molar-refractivity contribution is 0.414. The molecule has 130 valence electrons. The maximum atomic E-state index is 12.5. The van der Waals surface area contributed by atoms with Gasteiger partial charge in [-0.25, -0.2) is 13.1 Å². The Hall–Kier alpha value is -2.37. The van der Waals surface area contributed by atoms with Gasteiger partial charge in [0, 0.05) is 6.54 Å². The number of rotatable bonds is 7. The fourth-order valence-electron chi connectivity index (χ4n) is 2.74. The number of sulfonamides is 1. The third-order valence-corrected chi connectivity index (χ3v) is 5.56. The molecule has 0 aliphatic carbocycles. The second-order valence-electron chi connectivity index (χ2n) is 5.86. The van der Waals surface area contributed by atoms with Crippen LogP contribution < -0.4 is 9.46 Å². The molecule has 0 atom stereocenters. The molecule has 0 aliphatic heterocycles. The summed E-state index contributed by atoms with van der Waals surface area (Å²) in [5, 5.41) is 1.95. The third kappa shape index (κ3) is 4.38. The first-order chi connectivity index (χ1) is 12.1. The van der Waals surface area contributed by atoms with E-state index in [0.717, 1.165) is 34.9 Å². The summed E-state index contributed by atoms with van der Waals surface area (Å²) in [6.07, 6.45) is 1.51. The van der Waals surface area contributed by atoms with Gasteiger partial charge in [0.2, 0.25) is 10.0 Å². The quantitative estimate of drug-likeness (QED) is 0.657. The Morgan fingerprint density at radius 1 is 0.920 bits per heavy atom. The summed E-state index contributed by atoms with van der Waals surface area (Å²) in [6.45, 7) is 0.395. The van der Waals surface area contributed by atoms with Gasteiger partial charge >= 0.3 is 0 Å². The maximum Gasteiger partial charge on any atom is 0.240 e. The molecule has 0 spiro atoms. The van der Waals surface area contributed by atoms with Gasteiger partial charge in [0.05, 0.1) is 12.0 Å². The zero-order chi connectivity index (χ0) is 17.7. The second kappa shape index (κ2) is 7.68. The van der Waals surface area contributed by atoms with Crippen molar-refractivity contribution < 1.29 is 13.2 Å². The van der Waals surface area contributed by atoms with E-state index in [1.54, 1.807) is 19.2 Å². The first-order valence-electron chi connectivity index (χ1n) is 8.20. The monoisotopic (exact) mass is 355 g/mol. The maximum absolute atomic E-state index is 12.5. The molecule has 0 fully saturated rings. The molecule has 3 rings (SSSR count). The van der Waals surface area contributed by atoms with Gasteiger partial charge in [-0.1, -0.05) is 42.5 Å². The Balaban J connectivity index is 1.61. The smallest absolute Gasteiger partial charge is 0.240 e.